The van der Waals surface area contributed by atoms with Crippen LogP contribution >= 0.6 is 0 Å². The van der Waals surface area contributed by atoms with Crippen LogP contribution < -0.4 is 14.2 Å². The van der Waals surface area contributed by atoms with Gasteiger partial charge in [-0.2, -0.15) is 0 Å². The Morgan fingerprint density at radius 3 is 1.98 bits per heavy atom. The van der Waals surface area contributed by atoms with Gasteiger partial charge in [-0.1, -0.05) is 12.1 Å². The van der Waals surface area contributed by atoms with Crippen molar-refractivity contribution in [2.75, 3.05) is 0 Å². The SMILES string of the molecule is Oc1ccc([C@H]2Oc3c(c(O)cc4c3[C@@H]3c5c(O)cc(O)cc5O[C@@](c5ccc(O)cc5)(O4)[C@@H]3O)C[C@H]2O)cc1. The van der Waals surface area contributed by atoms with E-state index in [1.54, 1.807) is 12.1 Å². The van der Waals surface area contributed by atoms with E-state index in [1.807, 2.05) is 0 Å². The molecule has 0 radical (unpaired) electrons. The first-order valence-electron chi connectivity index (χ1n) is 12.6. The van der Waals surface area contributed by atoms with Crippen molar-refractivity contribution in [3.63, 3.8) is 0 Å². The summed E-state index contributed by atoms with van der Waals surface area (Å²) in [4.78, 5) is 0. The van der Waals surface area contributed by atoms with Gasteiger partial charge in [0.25, 0.3) is 0 Å². The second kappa shape index (κ2) is 8.35. The lowest BCUT2D eigenvalue weighted by molar-refractivity contribution is -0.219. The molecule has 0 saturated heterocycles. The molecule has 0 aromatic heterocycles. The summed E-state index contributed by atoms with van der Waals surface area (Å²) in [6.07, 6.45) is -3.38. The van der Waals surface area contributed by atoms with Gasteiger partial charge < -0.3 is 50.0 Å². The first kappa shape index (κ1) is 24.3. The Hall–Kier alpha value is -4.80. The topological polar surface area (TPSA) is 169 Å². The minimum atomic E-state index is -1.89. The van der Waals surface area contributed by atoms with Gasteiger partial charge in [-0.05, 0) is 42.0 Å². The molecule has 0 amide bonds. The van der Waals surface area contributed by atoms with Crippen LogP contribution in [0.5, 0.6) is 46.0 Å². The smallest absolute Gasteiger partial charge is 0.305 e. The van der Waals surface area contributed by atoms with E-state index in [0.717, 1.165) is 6.07 Å². The highest BCUT2D eigenvalue weighted by molar-refractivity contribution is 5.67. The normalized spacial score (nSPS) is 25.9. The lowest BCUT2D eigenvalue weighted by Gasteiger charge is -2.50. The number of aromatic hydroxyl groups is 5. The van der Waals surface area contributed by atoms with Gasteiger partial charge >= 0.3 is 5.79 Å². The van der Waals surface area contributed by atoms with Crippen molar-refractivity contribution < 1.29 is 50.0 Å². The van der Waals surface area contributed by atoms with Crippen molar-refractivity contribution in [2.45, 2.75) is 36.4 Å². The van der Waals surface area contributed by atoms with Gasteiger partial charge in [0.2, 0.25) is 0 Å². The molecule has 0 saturated carbocycles. The Balaban J connectivity index is 1.47. The molecule has 3 heterocycles. The Morgan fingerprint density at radius 2 is 1.30 bits per heavy atom. The van der Waals surface area contributed by atoms with Crippen LogP contribution in [0.4, 0.5) is 0 Å². The zero-order valence-corrected chi connectivity index (χ0v) is 20.7. The van der Waals surface area contributed by atoms with Crippen LogP contribution in [0.25, 0.3) is 0 Å². The highest BCUT2D eigenvalue weighted by atomic mass is 16.7. The molecule has 7 N–H and O–H groups in total. The van der Waals surface area contributed by atoms with Crippen LogP contribution in [-0.2, 0) is 12.2 Å². The van der Waals surface area contributed by atoms with Crippen molar-refractivity contribution in [3.8, 4) is 46.0 Å². The summed E-state index contributed by atoms with van der Waals surface area (Å²) in [5.41, 5.74) is 1.69. The fourth-order valence-corrected chi connectivity index (χ4v) is 5.99. The Kier molecular flexibility index (Phi) is 5.06. The minimum Gasteiger partial charge on any atom is -0.508 e. The zero-order chi connectivity index (χ0) is 27.9. The van der Waals surface area contributed by atoms with E-state index in [-0.39, 0.29) is 58.0 Å². The molecule has 0 unspecified atom stereocenters. The number of ether oxygens (including phenoxy) is 3. The molecule has 10 heteroatoms. The predicted octanol–water partition coefficient (Wildman–Crippen LogP) is 3.38. The number of phenols is 5. The van der Waals surface area contributed by atoms with Crippen LogP contribution in [0, 0.1) is 0 Å². The maximum atomic E-state index is 11.9. The van der Waals surface area contributed by atoms with E-state index in [4.69, 9.17) is 14.2 Å². The van der Waals surface area contributed by atoms with Gasteiger partial charge in [-0.3, -0.25) is 0 Å². The molecular weight excluding hydrogens is 520 g/mol. The van der Waals surface area contributed by atoms with Gasteiger partial charge in [0.15, 0.2) is 0 Å². The predicted molar refractivity (Wildman–Crippen MR) is 138 cm³/mol. The van der Waals surface area contributed by atoms with Crippen molar-refractivity contribution >= 4 is 0 Å². The lowest BCUT2D eigenvalue weighted by Crippen LogP contribution is -2.57. The molecule has 3 aliphatic rings. The molecular formula is C30H24O10. The van der Waals surface area contributed by atoms with Gasteiger partial charge in [0, 0.05) is 46.9 Å². The molecule has 204 valence electrons. The second-order valence-electron chi connectivity index (χ2n) is 10.2. The third-order valence-electron chi connectivity index (χ3n) is 7.82. The number of hydrogen-bond acceptors (Lipinski definition) is 10. The van der Waals surface area contributed by atoms with E-state index < -0.39 is 30.0 Å². The molecule has 10 nitrogen and oxygen atoms in total. The average molecular weight is 545 g/mol. The molecule has 4 aromatic rings. The Bertz CT molecular complexity index is 1650. The Labute approximate surface area is 227 Å². The highest BCUT2D eigenvalue weighted by Crippen LogP contribution is 2.62. The van der Waals surface area contributed by atoms with Gasteiger partial charge in [0.1, 0.15) is 58.2 Å². The fourth-order valence-electron chi connectivity index (χ4n) is 5.99. The number of benzene rings is 4. The number of phenolic OH excluding ortho intramolecular Hbond substituents is 5. The third-order valence-corrected chi connectivity index (χ3v) is 7.82. The average Bonchev–Trinajstić information content (AvgIpc) is 2.90. The molecule has 4 aromatic carbocycles. The minimum absolute atomic E-state index is 0.0107. The first-order valence-corrected chi connectivity index (χ1v) is 12.6. The first-order chi connectivity index (χ1) is 19.2. The number of aliphatic hydroxyl groups excluding tert-OH is 2. The van der Waals surface area contributed by atoms with Gasteiger partial charge in [-0.25, -0.2) is 0 Å². The molecule has 40 heavy (non-hydrogen) atoms. The number of aliphatic hydroxyl groups is 2. The van der Waals surface area contributed by atoms with Crippen molar-refractivity contribution in [2.24, 2.45) is 0 Å². The van der Waals surface area contributed by atoms with E-state index in [2.05, 4.69) is 0 Å². The molecule has 7 rings (SSSR count). The molecule has 0 fully saturated rings. The summed E-state index contributed by atoms with van der Waals surface area (Å²) < 4.78 is 18.9. The fraction of sp³-hybridized carbons (Fsp3) is 0.200. The number of fused-ring (bicyclic) bond motifs is 8. The summed E-state index contributed by atoms with van der Waals surface area (Å²) in [5, 5.41) is 74.7. The summed E-state index contributed by atoms with van der Waals surface area (Å²) in [6.45, 7) is 0. The molecule has 2 bridgehead atoms. The van der Waals surface area contributed by atoms with Crippen molar-refractivity contribution in [3.05, 3.63) is 94.5 Å². The van der Waals surface area contributed by atoms with E-state index >= 15 is 0 Å². The van der Waals surface area contributed by atoms with Gasteiger partial charge in [0.05, 0.1) is 12.0 Å². The summed E-state index contributed by atoms with van der Waals surface area (Å²) in [6, 6.07) is 15.8. The Morgan fingerprint density at radius 1 is 0.675 bits per heavy atom. The quantitative estimate of drug-likeness (QED) is 0.199. The molecule has 0 aliphatic carbocycles. The second-order valence-corrected chi connectivity index (χ2v) is 10.2. The van der Waals surface area contributed by atoms with Crippen LogP contribution in [0.2, 0.25) is 0 Å². The summed E-state index contributed by atoms with van der Waals surface area (Å²) >= 11 is 0. The molecule has 0 spiro atoms. The highest BCUT2D eigenvalue weighted by Gasteiger charge is 2.60. The summed E-state index contributed by atoms with van der Waals surface area (Å²) in [5.74, 6) is -3.36. The van der Waals surface area contributed by atoms with Crippen LogP contribution in [-0.4, -0.2) is 48.0 Å². The van der Waals surface area contributed by atoms with Crippen LogP contribution in [0.3, 0.4) is 0 Å². The van der Waals surface area contributed by atoms with Crippen LogP contribution in [0.15, 0.2) is 66.7 Å². The largest absolute Gasteiger partial charge is 0.508 e. The number of rotatable bonds is 2. The standard InChI is InChI=1S/C30H24O10/c31-15-5-1-13(2-6-15)27-21(36)11-18-19(34)12-23-25(28(18)38-27)26-24-20(35)9-17(33)10-22(24)39-30(40-23,29(26)37)14-3-7-16(32)8-4-14/h1-10,12,21,26-27,29,31-37H,11H2/t21-,26+,27-,29-,30+/m1/s1. The van der Waals surface area contributed by atoms with E-state index in [1.165, 1.54) is 48.5 Å². The number of hydrogen-bond donors (Lipinski definition) is 7. The van der Waals surface area contributed by atoms with Crippen LogP contribution in [0.1, 0.15) is 39.8 Å². The molecule has 5 atom stereocenters. The third kappa shape index (κ3) is 3.36. The lowest BCUT2D eigenvalue weighted by atomic mass is 9.74. The van der Waals surface area contributed by atoms with E-state index in [0.29, 0.717) is 22.3 Å². The monoisotopic (exact) mass is 544 g/mol. The zero-order valence-electron chi connectivity index (χ0n) is 20.7. The van der Waals surface area contributed by atoms with Gasteiger partial charge in [-0.15, -0.1) is 0 Å². The maximum absolute atomic E-state index is 11.9. The maximum Gasteiger partial charge on any atom is 0.305 e. The van der Waals surface area contributed by atoms with Crippen molar-refractivity contribution in [1.82, 2.24) is 0 Å². The van der Waals surface area contributed by atoms with Crippen molar-refractivity contribution in [1.29, 1.82) is 0 Å². The summed E-state index contributed by atoms with van der Waals surface area (Å²) in [7, 11) is 0. The molecule has 3 aliphatic heterocycles. The van der Waals surface area contributed by atoms with E-state index in [9.17, 15) is 35.7 Å².